The van der Waals surface area contributed by atoms with Crippen LogP contribution >= 0.6 is 0 Å². The summed E-state index contributed by atoms with van der Waals surface area (Å²) in [7, 11) is -0.147. The molecule has 4 nitrogen and oxygen atoms in total. The van der Waals surface area contributed by atoms with E-state index in [0.29, 0.717) is 0 Å². The van der Waals surface area contributed by atoms with E-state index in [1.54, 1.807) is 20.3 Å². The standard InChI is InChI=1S/C13H16N2O2S/c1-15(2)18(16,17)10-12-8-9-14-13(12)11-6-4-3-5-7-11/h3-9,14H,10H2,1-2H3. The first-order chi connectivity index (χ1) is 8.50. The van der Waals surface area contributed by atoms with E-state index >= 15 is 0 Å². The van der Waals surface area contributed by atoms with Crippen molar-refractivity contribution in [2.75, 3.05) is 14.1 Å². The Bertz CT molecular complexity index is 615. The molecular weight excluding hydrogens is 248 g/mol. The van der Waals surface area contributed by atoms with E-state index in [-0.39, 0.29) is 5.75 Å². The summed E-state index contributed by atoms with van der Waals surface area (Å²) >= 11 is 0. The maximum absolute atomic E-state index is 11.9. The summed E-state index contributed by atoms with van der Waals surface area (Å²) in [6.45, 7) is 0. The predicted molar refractivity (Wildman–Crippen MR) is 72.5 cm³/mol. The molecule has 1 aromatic heterocycles. The third-order valence-electron chi connectivity index (χ3n) is 2.79. The van der Waals surface area contributed by atoms with Gasteiger partial charge in [-0.25, -0.2) is 12.7 Å². The fourth-order valence-corrected chi connectivity index (χ4v) is 2.61. The Kier molecular flexibility index (Phi) is 3.54. The van der Waals surface area contributed by atoms with Gasteiger partial charge in [0.15, 0.2) is 0 Å². The molecular formula is C13H16N2O2S. The summed E-state index contributed by atoms with van der Waals surface area (Å²) in [5.41, 5.74) is 2.64. The topological polar surface area (TPSA) is 53.2 Å². The Labute approximate surface area is 107 Å². The third-order valence-corrected chi connectivity index (χ3v) is 4.58. The van der Waals surface area contributed by atoms with Gasteiger partial charge in [0, 0.05) is 26.0 Å². The number of aromatic nitrogens is 1. The van der Waals surface area contributed by atoms with E-state index in [1.807, 2.05) is 36.4 Å². The molecule has 96 valence electrons. The second-order valence-corrected chi connectivity index (χ2v) is 6.47. The second kappa shape index (κ2) is 4.96. The van der Waals surface area contributed by atoms with Crippen molar-refractivity contribution in [1.29, 1.82) is 0 Å². The molecule has 0 atom stereocenters. The lowest BCUT2D eigenvalue weighted by Crippen LogP contribution is -2.23. The van der Waals surface area contributed by atoms with Gasteiger partial charge in [-0.15, -0.1) is 0 Å². The molecule has 0 fully saturated rings. The molecule has 0 saturated carbocycles. The molecule has 5 heteroatoms. The first kappa shape index (κ1) is 12.9. The van der Waals surface area contributed by atoms with Crippen LogP contribution in [0.1, 0.15) is 5.56 Å². The minimum Gasteiger partial charge on any atom is -0.361 e. The van der Waals surface area contributed by atoms with Crippen LogP contribution in [0.5, 0.6) is 0 Å². The Morgan fingerprint density at radius 1 is 1.11 bits per heavy atom. The predicted octanol–water partition coefficient (Wildman–Crippen LogP) is 2.07. The van der Waals surface area contributed by atoms with Crippen molar-refractivity contribution >= 4 is 10.0 Å². The molecule has 0 bridgehead atoms. The van der Waals surface area contributed by atoms with Gasteiger partial charge in [-0.05, 0) is 17.2 Å². The van der Waals surface area contributed by atoms with Gasteiger partial charge in [0.1, 0.15) is 0 Å². The monoisotopic (exact) mass is 264 g/mol. The van der Waals surface area contributed by atoms with E-state index in [2.05, 4.69) is 4.98 Å². The minimum atomic E-state index is -3.24. The van der Waals surface area contributed by atoms with Crippen LogP contribution in [0.15, 0.2) is 42.6 Å². The average molecular weight is 264 g/mol. The van der Waals surface area contributed by atoms with Crippen LogP contribution < -0.4 is 0 Å². The zero-order valence-corrected chi connectivity index (χ0v) is 11.2. The van der Waals surface area contributed by atoms with Gasteiger partial charge >= 0.3 is 0 Å². The van der Waals surface area contributed by atoms with Crippen LogP contribution in [0, 0.1) is 0 Å². The van der Waals surface area contributed by atoms with Crippen LogP contribution in [0.25, 0.3) is 11.3 Å². The number of benzene rings is 1. The first-order valence-corrected chi connectivity index (χ1v) is 7.23. The Morgan fingerprint density at radius 2 is 1.78 bits per heavy atom. The summed E-state index contributed by atoms with van der Waals surface area (Å²) in [6, 6.07) is 11.5. The van der Waals surface area contributed by atoms with Crippen molar-refractivity contribution in [3.05, 3.63) is 48.2 Å². The minimum absolute atomic E-state index is 0.00767. The maximum atomic E-state index is 11.9. The van der Waals surface area contributed by atoms with Crippen molar-refractivity contribution < 1.29 is 8.42 Å². The molecule has 0 radical (unpaired) electrons. The van der Waals surface area contributed by atoms with Crippen molar-refractivity contribution in [3.8, 4) is 11.3 Å². The summed E-state index contributed by atoms with van der Waals surface area (Å²) in [6.07, 6.45) is 1.77. The van der Waals surface area contributed by atoms with Gasteiger partial charge < -0.3 is 4.98 Å². The van der Waals surface area contributed by atoms with Crippen molar-refractivity contribution in [3.63, 3.8) is 0 Å². The molecule has 0 spiro atoms. The van der Waals surface area contributed by atoms with E-state index in [4.69, 9.17) is 0 Å². The highest BCUT2D eigenvalue weighted by atomic mass is 32.2. The summed E-state index contributed by atoms with van der Waals surface area (Å²) < 4.78 is 25.0. The number of aromatic amines is 1. The Balaban J connectivity index is 2.36. The molecule has 2 aromatic rings. The SMILES string of the molecule is CN(C)S(=O)(=O)Cc1cc[nH]c1-c1ccccc1. The largest absolute Gasteiger partial charge is 0.361 e. The van der Waals surface area contributed by atoms with Gasteiger partial charge in [-0.3, -0.25) is 0 Å². The fraction of sp³-hybridized carbons (Fsp3) is 0.231. The van der Waals surface area contributed by atoms with Gasteiger partial charge in [-0.1, -0.05) is 30.3 Å². The normalized spacial score (nSPS) is 11.9. The highest BCUT2D eigenvalue weighted by Crippen LogP contribution is 2.23. The Hall–Kier alpha value is -1.59. The number of H-pyrrole nitrogens is 1. The molecule has 2 rings (SSSR count). The summed E-state index contributed by atoms with van der Waals surface area (Å²) in [5, 5.41) is 0. The number of rotatable bonds is 4. The van der Waals surface area contributed by atoms with Gasteiger partial charge in [-0.2, -0.15) is 0 Å². The van der Waals surface area contributed by atoms with Crippen LogP contribution in [0.3, 0.4) is 0 Å². The summed E-state index contributed by atoms with van der Waals surface area (Å²) in [5.74, 6) is 0.00767. The van der Waals surface area contributed by atoms with E-state index in [9.17, 15) is 8.42 Å². The number of nitrogens with zero attached hydrogens (tertiary/aromatic N) is 1. The first-order valence-electron chi connectivity index (χ1n) is 5.62. The van der Waals surface area contributed by atoms with Crippen molar-refractivity contribution in [2.45, 2.75) is 5.75 Å². The lowest BCUT2D eigenvalue weighted by molar-refractivity contribution is 0.520. The highest BCUT2D eigenvalue weighted by Gasteiger charge is 2.17. The van der Waals surface area contributed by atoms with Crippen molar-refractivity contribution in [1.82, 2.24) is 9.29 Å². The number of hydrogen-bond donors (Lipinski definition) is 1. The quantitative estimate of drug-likeness (QED) is 0.919. The maximum Gasteiger partial charge on any atom is 0.217 e. The third kappa shape index (κ3) is 2.63. The fourth-order valence-electron chi connectivity index (χ4n) is 1.72. The van der Waals surface area contributed by atoms with Crippen LogP contribution in [0.2, 0.25) is 0 Å². The molecule has 1 aromatic carbocycles. The molecule has 1 heterocycles. The van der Waals surface area contributed by atoms with Crippen LogP contribution in [-0.2, 0) is 15.8 Å². The lowest BCUT2D eigenvalue weighted by atomic mass is 10.1. The van der Waals surface area contributed by atoms with Gasteiger partial charge in [0.2, 0.25) is 10.0 Å². The zero-order valence-electron chi connectivity index (χ0n) is 10.4. The molecule has 0 aliphatic rings. The van der Waals surface area contributed by atoms with E-state index in [0.717, 1.165) is 16.8 Å². The lowest BCUT2D eigenvalue weighted by Gasteiger charge is -2.11. The smallest absolute Gasteiger partial charge is 0.217 e. The van der Waals surface area contributed by atoms with Crippen molar-refractivity contribution in [2.24, 2.45) is 0 Å². The van der Waals surface area contributed by atoms with Gasteiger partial charge in [0.25, 0.3) is 0 Å². The van der Waals surface area contributed by atoms with Crippen LogP contribution in [-0.4, -0.2) is 31.8 Å². The summed E-state index contributed by atoms with van der Waals surface area (Å²) in [4.78, 5) is 3.10. The van der Waals surface area contributed by atoms with Gasteiger partial charge in [0.05, 0.1) is 5.75 Å². The molecule has 0 unspecified atom stereocenters. The molecule has 0 saturated heterocycles. The molecule has 0 amide bonds. The highest BCUT2D eigenvalue weighted by molar-refractivity contribution is 7.88. The number of hydrogen-bond acceptors (Lipinski definition) is 2. The van der Waals surface area contributed by atoms with E-state index in [1.165, 1.54) is 4.31 Å². The molecule has 18 heavy (non-hydrogen) atoms. The number of nitrogens with one attached hydrogen (secondary N) is 1. The molecule has 1 N–H and O–H groups in total. The van der Waals surface area contributed by atoms with Crippen LogP contribution in [0.4, 0.5) is 0 Å². The Morgan fingerprint density at radius 3 is 2.39 bits per heavy atom. The number of sulfonamides is 1. The van der Waals surface area contributed by atoms with E-state index < -0.39 is 10.0 Å². The average Bonchev–Trinajstić information content (AvgIpc) is 2.77. The second-order valence-electron chi connectivity index (χ2n) is 4.28. The zero-order chi connectivity index (χ0) is 13.2. The molecule has 0 aliphatic carbocycles. The molecule has 0 aliphatic heterocycles.